The van der Waals surface area contributed by atoms with Crippen LogP contribution in [0.1, 0.15) is 10.4 Å². The minimum absolute atomic E-state index is 0.0410. The molecule has 2 aromatic rings. The molecule has 0 aliphatic carbocycles. The molecule has 0 fully saturated rings. The molecule has 0 spiro atoms. The van der Waals surface area contributed by atoms with E-state index in [0.717, 1.165) is 12.1 Å². The van der Waals surface area contributed by atoms with E-state index in [1.54, 1.807) is 0 Å². The average Bonchev–Trinajstić information content (AvgIpc) is 2.41. The number of benzene rings is 2. The maximum absolute atomic E-state index is 13.5. The number of carbonyl (C=O) groups is 1. The Morgan fingerprint density at radius 3 is 2.43 bits per heavy atom. The van der Waals surface area contributed by atoms with Crippen molar-refractivity contribution in [1.82, 2.24) is 0 Å². The molecule has 0 atom stereocenters. The van der Waals surface area contributed by atoms with Crippen molar-refractivity contribution in [3.05, 3.63) is 63.9 Å². The maximum atomic E-state index is 13.5. The number of Topliss-reactive ketones (excluding diaryl/α,β-unsaturated/α-hetero) is 1. The molecule has 0 radical (unpaired) electrons. The number of hydrogen-bond donors (Lipinski definition) is 0. The molecule has 0 N–H and O–H groups in total. The number of sulfone groups is 1. The first-order valence-electron chi connectivity index (χ1n) is 5.77. The van der Waals surface area contributed by atoms with Gasteiger partial charge < -0.3 is 0 Å². The second-order valence-electron chi connectivity index (χ2n) is 4.24. The maximum Gasteiger partial charge on any atom is 0.187 e. The van der Waals surface area contributed by atoms with Crippen molar-refractivity contribution >= 4 is 38.8 Å². The molecule has 0 bridgehead atoms. The van der Waals surface area contributed by atoms with Gasteiger partial charge in [0, 0.05) is 5.02 Å². The molecule has 2 rings (SSSR count). The minimum atomic E-state index is -4.01. The van der Waals surface area contributed by atoms with Gasteiger partial charge in [0.25, 0.3) is 0 Å². The molecule has 0 saturated carbocycles. The SMILES string of the molecule is O=C(CS(=O)(=O)c1cc(Cl)ccc1Cl)c1ccccc1F. The third kappa shape index (κ3) is 3.61. The Bertz CT molecular complexity index is 804. The van der Waals surface area contributed by atoms with E-state index < -0.39 is 27.2 Å². The van der Waals surface area contributed by atoms with Crippen molar-refractivity contribution in [2.45, 2.75) is 4.90 Å². The Balaban J connectivity index is 2.36. The van der Waals surface area contributed by atoms with E-state index in [0.29, 0.717) is 0 Å². The lowest BCUT2D eigenvalue weighted by Gasteiger charge is -2.07. The molecule has 0 aromatic heterocycles. The van der Waals surface area contributed by atoms with Crippen molar-refractivity contribution in [2.24, 2.45) is 0 Å². The third-order valence-corrected chi connectivity index (χ3v) is 5.05. The van der Waals surface area contributed by atoms with Crippen LogP contribution in [0.15, 0.2) is 47.4 Å². The van der Waals surface area contributed by atoms with E-state index in [9.17, 15) is 17.6 Å². The summed E-state index contributed by atoms with van der Waals surface area (Å²) in [6.45, 7) is 0. The van der Waals surface area contributed by atoms with E-state index in [4.69, 9.17) is 23.2 Å². The van der Waals surface area contributed by atoms with E-state index >= 15 is 0 Å². The molecular formula is C14H9Cl2FO3S. The first-order valence-corrected chi connectivity index (χ1v) is 8.17. The van der Waals surface area contributed by atoms with Crippen LogP contribution in [0.3, 0.4) is 0 Å². The van der Waals surface area contributed by atoms with Gasteiger partial charge in [0.05, 0.1) is 15.5 Å². The number of halogens is 3. The highest BCUT2D eigenvalue weighted by Crippen LogP contribution is 2.26. The number of carbonyl (C=O) groups excluding carboxylic acids is 1. The molecule has 0 amide bonds. The first kappa shape index (κ1) is 15.9. The lowest BCUT2D eigenvalue weighted by molar-refractivity contribution is 0.101. The summed E-state index contributed by atoms with van der Waals surface area (Å²) < 4.78 is 37.9. The second-order valence-corrected chi connectivity index (χ2v) is 7.04. The van der Waals surface area contributed by atoms with Gasteiger partial charge in [0.15, 0.2) is 15.6 Å². The number of rotatable bonds is 4. The summed E-state index contributed by atoms with van der Waals surface area (Å²) in [6.07, 6.45) is 0. The molecule has 2 aromatic carbocycles. The van der Waals surface area contributed by atoms with Gasteiger partial charge in [-0.1, -0.05) is 35.3 Å². The van der Waals surface area contributed by atoms with Crippen LogP contribution in [0.5, 0.6) is 0 Å². The molecule has 3 nitrogen and oxygen atoms in total. The van der Waals surface area contributed by atoms with Gasteiger partial charge >= 0.3 is 0 Å². The molecular weight excluding hydrogens is 338 g/mol. The zero-order chi connectivity index (χ0) is 15.6. The Morgan fingerprint density at radius 2 is 1.76 bits per heavy atom. The summed E-state index contributed by atoms with van der Waals surface area (Å²) >= 11 is 11.6. The van der Waals surface area contributed by atoms with Crippen LogP contribution >= 0.6 is 23.2 Å². The van der Waals surface area contributed by atoms with E-state index in [1.807, 2.05) is 0 Å². The zero-order valence-electron chi connectivity index (χ0n) is 10.5. The third-order valence-electron chi connectivity index (χ3n) is 2.72. The predicted molar refractivity (Wildman–Crippen MR) is 79.2 cm³/mol. The van der Waals surface area contributed by atoms with Crippen molar-refractivity contribution in [3.63, 3.8) is 0 Å². The second kappa shape index (κ2) is 6.13. The summed E-state index contributed by atoms with van der Waals surface area (Å²) in [5.74, 6) is -2.49. The Morgan fingerprint density at radius 1 is 1.10 bits per heavy atom. The molecule has 0 aliphatic heterocycles. The van der Waals surface area contributed by atoms with Crippen LogP contribution in [-0.2, 0) is 9.84 Å². The summed E-state index contributed by atoms with van der Waals surface area (Å²) in [5.41, 5.74) is -0.278. The van der Waals surface area contributed by atoms with Gasteiger partial charge in [-0.05, 0) is 30.3 Å². The summed E-state index contributed by atoms with van der Waals surface area (Å²) in [7, 11) is -4.01. The normalized spacial score (nSPS) is 11.4. The topological polar surface area (TPSA) is 51.2 Å². The Kier molecular flexibility index (Phi) is 4.66. The fraction of sp³-hybridized carbons (Fsp3) is 0.0714. The molecule has 0 aliphatic rings. The van der Waals surface area contributed by atoms with E-state index in [-0.39, 0.29) is 20.5 Å². The quantitative estimate of drug-likeness (QED) is 0.791. The summed E-state index contributed by atoms with van der Waals surface area (Å²) in [4.78, 5) is 11.7. The fourth-order valence-electron chi connectivity index (χ4n) is 1.73. The van der Waals surface area contributed by atoms with Crippen LogP contribution < -0.4 is 0 Å². The van der Waals surface area contributed by atoms with Crippen molar-refractivity contribution in [2.75, 3.05) is 5.75 Å². The lowest BCUT2D eigenvalue weighted by Crippen LogP contribution is -2.18. The molecule has 7 heteroatoms. The van der Waals surface area contributed by atoms with Gasteiger partial charge in [-0.3, -0.25) is 4.79 Å². The van der Waals surface area contributed by atoms with Crippen LogP contribution in [0.25, 0.3) is 0 Å². The molecule has 21 heavy (non-hydrogen) atoms. The van der Waals surface area contributed by atoms with Crippen LogP contribution in [-0.4, -0.2) is 20.0 Å². The van der Waals surface area contributed by atoms with Gasteiger partial charge in [0.1, 0.15) is 11.6 Å². The van der Waals surface area contributed by atoms with Crippen molar-refractivity contribution in [1.29, 1.82) is 0 Å². The molecule has 0 unspecified atom stereocenters. The average molecular weight is 347 g/mol. The summed E-state index contributed by atoms with van der Waals surface area (Å²) in [5, 5.41) is 0.136. The standard InChI is InChI=1S/C14H9Cl2FO3S/c15-9-5-6-11(16)14(7-9)21(19,20)8-13(18)10-3-1-2-4-12(10)17/h1-7H,8H2. The highest BCUT2D eigenvalue weighted by molar-refractivity contribution is 7.92. The van der Waals surface area contributed by atoms with Gasteiger partial charge in [-0.15, -0.1) is 0 Å². The summed E-state index contributed by atoms with van der Waals surface area (Å²) in [6, 6.07) is 9.10. The highest BCUT2D eigenvalue weighted by Gasteiger charge is 2.24. The molecule has 0 heterocycles. The largest absolute Gasteiger partial charge is 0.293 e. The van der Waals surface area contributed by atoms with Gasteiger partial charge in [-0.2, -0.15) is 0 Å². The zero-order valence-corrected chi connectivity index (χ0v) is 12.8. The van der Waals surface area contributed by atoms with Crippen molar-refractivity contribution < 1.29 is 17.6 Å². The minimum Gasteiger partial charge on any atom is -0.293 e. The first-order chi connectivity index (χ1) is 9.81. The fourth-order valence-corrected chi connectivity index (χ4v) is 3.77. The highest BCUT2D eigenvalue weighted by atomic mass is 35.5. The smallest absolute Gasteiger partial charge is 0.187 e. The van der Waals surface area contributed by atoms with Crippen LogP contribution in [0.4, 0.5) is 4.39 Å². The monoisotopic (exact) mass is 346 g/mol. The Labute approximate surface area is 131 Å². The Hall–Kier alpha value is -1.43. The molecule has 0 saturated heterocycles. The number of ketones is 1. The lowest BCUT2D eigenvalue weighted by atomic mass is 10.1. The van der Waals surface area contributed by atoms with Gasteiger partial charge in [-0.25, -0.2) is 12.8 Å². The molecule has 110 valence electrons. The van der Waals surface area contributed by atoms with E-state index in [1.165, 1.54) is 30.3 Å². The van der Waals surface area contributed by atoms with Gasteiger partial charge in [0.2, 0.25) is 0 Å². The number of hydrogen-bond acceptors (Lipinski definition) is 3. The van der Waals surface area contributed by atoms with E-state index in [2.05, 4.69) is 0 Å². The van der Waals surface area contributed by atoms with Crippen LogP contribution in [0, 0.1) is 5.82 Å². The van der Waals surface area contributed by atoms with Crippen LogP contribution in [0.2, 0.25) is 10.0 Å². The predicted octanol–water partition coefficient (Wildman–Crippen LogP) is 3.79. The van der Waals surface area contributed by atoms with Crippen molar-refractivity contribution in [3.8, 4) is 0 Å².